The van der Waals surface area contributed by atoms with Crippen LogP contribution in [0.4, 0.5) is 0 Å². The predicted octanol–water partition coefficient (Wildman–Crippen LogP) is 1.09. The van der Waals surface area contributed by atoms with Crippen molar-refractivity contribution in [1.29, 1.82) is 0 Å². The Morgan fingerprint density at radius 3 is 3.08 bits per heavy atom. The predicted molar refractivity (Wildman–Crippen MR) is 55.2 cm³/mol. The number of thiazole rings is 1. The molecule has 68 valence electrons. The van der Waals surface area contributed by atoms with Crippen LogP contribution in [0.15, 0.2) is 23.0 Å². The Morgan fingerprint density at radius 2 is 2.31 bits per heavy atom. The summed E-state index contributed by atoms with van der Waals surface area (Å²) in [5, 5.41) is 0. The molecule has 3 N–H and O–H groups in total. The average molecular weight is 194 g/mol. The Labute approximate surface area is 79.2 Å². The average Bonchev–Trinajstić information content (AvgIpc) is 2.44. The summed E-state index contributed by atoms with van der Waals surface area (Å²) in [7, 11) is 0. The molecule has 1 aromatic carbocycles. The highest BCUT2D eigenvalue weighted by Gasteiger charge is 1.99. The lowest BCUT2D eigenvalue weighted by Crippen LogP contribution is -2.02. The molecule has 13 heavy (non-hydrogen) atoms. The lowest BCUT2D eigenvalue weighted by atomic mass is 10.1. The van der Waals surface area contributed by atoms with E-state index >= 15 is 0 Å². The van der Waals surface area contributed by atoms with Gasteiger partial charge in [0.2, 0.25) is 0 Å². The molecular formula is C9H10N2OS. The van der Waals surface area contributed by atoms with Crippen LogP contribution in [0.3, 0.4) is 0 Å². The fourth-order valence-electron chi connectivity index (χ4n) is 1.32. The number of hydrogen-bond acceptors (Lipinski definition) is 3. The maximum Gasteiger partial charge on any atom is 0.305 e. The van der Waals surface area contributed by atoms with Crippen molar-refractivity contribution < 1.29 is 0 Å². The molecule has 1 heterocycles. The van der Waals surface area contributed by atoms with Crippen molar-refractivity contribution >= 4 is 21.6 Å². The van der Waals surface area contributed by atoms with Crippen LogP contribution in [0, 0.1) is 0 Å². The molecule has 0 bridgehead atoms. The van der Waals surface area contributed by atoms with Crippen molar-refractivity contribution in [1.82, 2.24) is 4.98 Å². The normalized spacial score (nSPS) is 10.8. The summed E-state index contributed by atoms with van der Waals surface area (Å²) in [4.78, 5) is 13.8. The fourth-order valence-corrected chi connectivity index (χ4v) is 2.04. The van der Waals surface area contributed by atoms with Crippen LogP contribution >= 0.6 is 11.3 Å². The number of fused-ring (bicyclic) bond motifs is 1. The first-order chi connectivity index (χ1) is 6.29. The van der Waals surface area contributed by atoms with Crippen LogP contribution in [-0.4, -0.2) is 11.5 Å². The number of rotatable bonds is 2. The van der Waals surface area contributed by atoms with Crippen molar-refractivity contribution in [2.45, 2.75) is 6.42 Å². The molecule has 0 atom stereocenters. The minimum Gasteiger partial charge on any atom is -0.330 e. The minimum atomic E-state index is -0.0000940. The van der Waals surface area contributed by atoms with E-state index in [1.165, 1.54) is 16.9 Å². The molecule has 0 aliphatic heterocycles. The van der Waals surface area contributed by atoms with Gasteiger partial charge in [-0.1, -0.05) is 17.4 Å². The van der Waals surface area contributed by atoms with Crippen LogP contribution in [0.25, 0.3) is 10.2 Å². The Hall–Kier alpha value is -1.13. The van der Waals surface area contributed by atoms with E-state index in [4.69, 9.17) is 5.73 Å². The second-order valence-corrected chi connectivity index (χ2v) is 3.90. The number of hydrogen-bond donors (Lipinski definition) is 2. The quantitative estimate of drug-likeness (QED) is 0.751. The van der Waals surface area contributed by atoms with E-state index in [2.05, 4.69) is 4.98 Å². The van der Waals surface area contributed by atoms with E-state index in [0.29, 0.717) is 6.54 Å². The van der Waals surface area contributed by atoms with Gasteiger partial charge in [-0.15, -0.1) is 0 Å². The van der Waals surface area contributed by atoms with Crippen LogP contribution < -0.4 is 10.6 Å². The van der Waals surface area contributed by atoms with Crippen LogP contribution in [0.2, 0.25) is 0 Å². The van der Waals surface area contributed by atoms with Crippen molar-refractivity contribution in [3.8, 4) is 0 Å². The van der Waals surface area contributed by atoms with Crippen molar-refractivity contribution in [2.75, 3.05) is 6.54 Å². The second-order valence-electron chi connectivity index (χ2n) is 2.88. The molecule has 2 rings (SSSR count). The Kier molecular flexibility index (Phi) is 2.16. The highest BCUT2D eigenvalue weighted by atomic mass is 32.1. The van der Waals surface area contributed by atoms with E-state index in [9.17, 15) is 4.79 Å². The standard InChI is InChI=1S/C9H10N2OS/c10-4-3-6-1-2-8-7(5-6)11-9(12)13-8/h1-2,5H,3-4,10H2,(H,11,12). The van der Waals surface area contributed by atoms with Crippen LogP contribution in [0.5, 0.6) is 0 Å². The summed E-state index contributed by atoms with van der Waals surface area (Å²) in [6.45, 7) is 0.639. The summed E-state index contributed by atoms with van der Waals surface area (Å²) in [5.74, 6) is 0. The first kappa shape index (κ1) is 8.47. The van der Waals surface area contributed by atoms with Gasteiger partial charge < -0.3 is 10.7 Å². The third-order valence-electron chi connectivity index (χ3n) is 1.92. The molecule has 1 aromatic heterocycles. The first-order valence-corrected chi connectivity index (χ1v) is 4.93. The smallest absolute Gasteiger partial charge is 0.305 e. The van der Waals surface area contributed by atoms with Gasteiger partial charge in [0.15, 0.2) is 0 Å². The topological polar surface area (TPSA) is 58.9 Å². The summed E-state index contributed by atoms with van der Waals surface area (Å²) in [6.07, 6.45) is 0.855. The number of H-pyrrole nitrogens is 1. The van der Waals surface area contributed by atoms with Gasteiger partial charge in [-0.2, -0.15) is 0 Å². The van der Waals surface area contributed by atoms with Gasteiger partial charge >= 0.3 is 4.87 Å². The SMILES string of the molecule is NCCc1ccc2sc(=O)[nH]c2c1. The van der Waals surface area contributed by atoms with Gasteiger partial charge in [0.05, 0.1) is 10.2 Å². The van der Waals surface area contributed by atoms with E-state index in [1.807, 2.05) is 18.2 Å². The van der Waals surface area contributed by atoms with Crippen LogP contribution in [-0.2, 0) is 6.42 Å². The number of aromatic amines is 1. The molecule has 0 amide bonds. The van der Waals surface area contributed by atoms with Gasteiger partial charge in [0, 0.05) is 0 Å². The van der Waals surface area contributed by atoms with E-state index in [1.54, 1.807) is 0 Å². The van der Waals surface area contributed by atoms with Crippen molar-refractivity contribution in [3.63, 3.8) is 0 Å². The number of benzene rings is 1. The fraction of sp³-hybridized carbons (Fsp3) is 0.222. The zero-order chi connectivity index (χ0) is 9.26. The van der Waals surface area contributed by atoms with Crippen molar-refractivity contribution in [2.24, 2.45) is 5.73 Å². The zero-order valence-electron chi connectivity index (χ0n) is 7.04. The molecule has 0 aliphatic carbocycles. The zero-order valence-corrected chi connectivity index (χ0v) is 7.86. The molecule has 2 aromatic rings. The molecule has 0 saturated carbocycles. The summed E-state index contributed by atoms with van der Waals surface area (Å²) in [5.41, 5.74) is 7.53. The van der Waals surface area contributed by atoms with Gasteiger partial charge in [-0.3, -0.25) is 4.79 Å². The second kappa shape index (κ2) is 3.32. The maximum absolute atomic E-state index is 11.0. The van der Waals surface area contributed by atoms with E-state index in [-0.39, 0.29) is 4.87 Å². The number of nitrogens with one attached hydrogen (secondary N) is 1. The lowest BCUT2D eigenvalue weighted by molar-refractivity contribution is 0.970. The third-order valence-corrected chi connectivity index (χ3v) is 2.78. The summed E-state index contributed by atoms with van der Waals surface area (Å²) in [6, 6.07) is 5.96. The van der Waals surface area contributed by atoms with Gasteiger partial charge in [-0.05, 0) is 30.7 Å². The molecule has 0 fully saturated rings. The largest absolute Gasteiger partial charge is 0.330 e. The Bertz CT molecular complexity index is 472. The molecule has 0 aliphatic rings. The first-order valence-electron chi connectivity index (χ1n) is 4.11. The van der Waals surface area contributed by atoms with Crippen LogP contribution in [0.1, 0.15) is 5.56 Å². The molecule has 0 unspecified atom stereocenters. The number of aromatic nitrogens is 1. The van der Waals surface area contributed by atoms with E-state index < -0.39 is 0 Å². The van der Waals surface area contributed by atoms with Gasteiger partial charge in [-0.25, -0.2) is 0 Å². The Balaban J connectivity index is 2.54. The molecule has 0 saturated heterocycles. The third kappa shape index (κ3) is 1.64. The van der Waals surface area contributed by atoms with Gasteiger partial charge in [0.25, 0.3) is 0 Å². The Morgan fingerprint density at radius 1 is 1.46 bits per heavy atom. The van der Waals surface area contributed by atoms with Gasteiger partial charge in [0.1, 0.15) is 0 Å². The maximum atomic E-state index is 11.0. The highest BCUT2D eigenvalue weighted by molar-refractivity contribution is 7.16. The monoisotopic (exact) mass is 194 g/mol. The van der Waals surface area contributed by atoms with E-state index in [0.717, 1.165) is 16.6 Å². The summed E-state index contributed by atoms with van der Waals surface area (Å²) >= 11 is 1.24. The number of nitrogens with two attached hydrogens (primary N) is 1. The summed E-state index contributed by atoms with van der Waals surface area (Å²) < 4.78 is 1.01. The van der Waals surface area contributed by atoms with Crippen molar-refractivity contribution in [3.05, 3.63) is 33.4 Å². The lowest BCUT2D eigenvalue weighted by Gasteiger charge is -1.96. The molecule has 4 heteroatoms. The molecule has 0 spiro atoms. The molecule has 3 nitrogen and oxygen atoms in total. The minimum absolute atomic E-state index is 0.0000940. The molecule has 0 radical (unpaired) electrons. The molecular weight excluding hydrogens is 184 g/mol. The highest BCUT2D eigenvalue weighted by Crippen LogP contribution is 2.15.